The van der Waals surface area contributed by atoms with Crippen LogP contribution in [0.3, 0.4) is 0 Å². The smallest absolute Gasteiger partial charge is 0.331 e. The van der Waals surface area contributed by atoms with E-state index < -0.39 is 0 Å². The minimum absolute atomic E-state index is 0.606. The monoisotopic (exact) mass is 222 g/mol. The number of rotatable bonds is 1. The van der Waals surface area contributed by atoms with Gasteiger partial charge in [-0.05, 0) is 35.4 Å². The van der Waals surface area contributed by atoms with Crippen LogP contribution < -0.4 is 4.74 Å². The summed E-state index contributed by atoms with van der Waals surface area (Å²) in [4.78, 5) is 3.41. The zero-order valence-electron chi connectivity index (χ0n) is 9.34. The maximum absolute atomic E-state index is 9.17. The van der Waals surface area contributed by atoms with Crippen molar-refractivity contribution < 1.29 is 9.53 Å². The third kappa shape index (κ3) is 1.30. The van der Waals surface area contributed by atoms with Gasteiger partial charge in [0.2, 0.25) is 0 Å². The molecule has 0 saturated heterocycles. The molecule has 0 aliphatic heterocycles. The Labute approximate surface area is 98.9 Å². The van der Waals surface area contributed by atoms with E-state index in [4.69, 9.17) is 4.74 Å². The highest BCUT2D eigenvalue weighted by Crippen LogP contribution is 2.37. The number of fused-ring (bicyclic) bond motifs is 3. The molecule has 82 valence electrons. The number of benzene rings is 2. The van der Waals surface area contributed by atoms with Crippen molar-refractivity contribution in [1.29, 1.82) is 0 Å². The second kappa shape index (κ2) is 3.58. The quantitative estimate of drug-likeness (QED) is 0.461. The van der Waals surface area contributed by atoms with E-state index >= 15 is 0 Å². The predicted octanol–water partition coefficient (Wildman–Crippen LogP) is 2.74. The molecule has 3 heteroatoms. The standard InChI is InChI=1S/C14H10N2O/c1-17-9-6-7-11-10-4-2-3-5-12(10)14(16-15)13(11)8-9/h2-8H,1H3. The zero-order valence-corrected chi connectivity index (χ0v) is 9.34. The number of hydrogen-bond donors (Lipinski definition) is 0. The van der Waals surface area contributed by atoms with E-state index in [1.807, 2.05) is 42.5 Å². The molecule has 2 aromatic rings. The zero-order chi connectivity index (χ0) is 11.8. The molecular weight excluding hydrogens is 212 g/mol. The lowest BCUT2D eigenvalue weighted by Crippen LogP contribution is -1.99. The second-order valence-electron chi connectivity index (χ2n) is 3.91. The first-order chi connectivity index (χ1) is 8.35. The molecule has 0 spiro atoms. The third-order valence-electron chi connectivity index (χ3n) is 3.05. The van der Waals surface area contributed by atoms with Crippen molar-refractivity contribution in [3.05, 3.63) is 59.1 Å². The van der Waals surface area contributed by atoms with E-state index in [2.05, 4.69) is 4.79 Å². The molecular formula is C14H10N2O. The molecule has 0 fully saturated rings. The van der Waals surface area contributed by atoms with Crippen LogP contribution in [0.5, 0.6) is 5.75 Å². The van der Waals surface area contributed by atoms with Gasteiger partial charge in [-0.2, -0.15) is 4.79 Å². The van der Waals surface area contributed by atoms with Gasteiger partial charge in [0.25, 0.3) is 0 Å². The van der Waals surface area contributed by atoms with Gasteiger partial charge in [0, 0.05) is 0 Å². The molecule has 17 heavy (non-hydrogen) atoms. The van der Waals surface area contributed by atoms with E-state index in [0.717, 1.165) is 28.0 Å². The molecule has 0 bridgehead atoms. The average Bonchev–Trinajstić information content (AvgIpc) is 2.71. The number of ether oxygens (including phenoxy) is 1. The Balaban J connectivity index is 2.35. The Bertz CT molecular complexity index is 655. The average molecular weight is 222 g/mol. The molecule has 3 rings (SSSR count). The maximum atomic E-state index is 9.17. The molecule has 1 aliphatic carbocycles. The van der Waals surface area contributed by atoms with Crippen molar-refractivity contribution in [2.75, 3.05) is 7.11 Å². The van der Waals surface area contributed by atoms with Gasteiger partial charge in [-0.15, -0.1) is 0 Å². The van der Waals surface area contributed by atoms with Gasteiger partial charge in [0.05, 0.1) is 18.2 Å². The molecule has 0 N–H and O–H groups in total. The third-order valence-corrected chi connectivity index (χ3v) is 3.05. The topological polar surface area (TPSA) is 45.6 Å². The molecule has 0 heterocycles. The minimum Gasteiger partial charge on any atom is -0.497 e. The molecule has 2 aromatic carbocycles. The summed E-state index contributed by atoms with van der Waals surface area (Å²) in [6, 6.07) is 13.7. The first kappa shape index (κ1) is 9.82. The summed E-state index contributed by atoms with van der Waals surface area (Å²) in [6.07, 6.45) is 0. The van der Waals surface area contributed by atoms with Crippen LogP contribution in [0.15, 0.2) is 42.5 Å². The number of methoxy groups -OCH3 is 1. The van der Waals surface area contributed by atoms with Crippen molar-refractivity contribution in [2.24, 2.45) is 0 Å². The van der Waals surface area contributed by atoms with Gasteiger partial charge in [-0.25, -0.2) is 0 Å². The number of hydrogen-bond acceptors (Lipinski definition) is 1. The van der Waals surface area contributed by atoms with E-state index in [1.54, 1.807) is 7.11 Å². The SMILES string of the molecule is COc1ccc2c(c1)C(=[N+]=[N-])c1ccccc1-2. The summed E-state index contributed by atoms with van der Waals surface area (Å²) >= 11 is 0. The summed E-state index contributed by atoms with van der Waals surface area (Å²) in [5.74, 6) is 0.762. The van der Waals surface area contributed by atoms with Gasteiger partial charge >= 0.3 is 5.71 Å². The Kier molecular flexibility index (Phi) is 2.07. The van der Waals surface area contributed by atoms with Crippen molar-refractivity contribution in [3.8, 4) is 16.9 Å². The molecule has 0 atom stereocenters. The first-order valence-electron chi connectivity index (χ1n) is 5.35. The van der Waals surface area contributed by atoms with E-state index in [9.17, 15) is 5.53 Å². The van der Waals surface area contributed by atoms with Gasteiger partial charge < -0.3 is 10.3 Å². The maximum Gasteiger partial charge on any atom is 0.331 e. The number of nitrogens with zero attached hydrogens (tertiary/aromatic N) is 2. The van der Waals surface area contributed by atoms with Crippen LogP contribution in [-0.2, 0) is 0 Å². The van der Waals surface area contributed by atoms with E-state index in [1.165, 1.54) is 0 Å². The molecule has 0 saturated carbocycles. The Morgan fingerprint density at radius 1 is 0.941 bits per heavy atom. The van der Waals surface area contributed by atoms with Crippen LogP contribution in [0.1, 0.15) is 11.1 Å². The fourth-order valence-corrected chi connectivity index (χ4v) is 2.26. The highest BCUT2D eigenvalue weighted by molar-refractivity contribution is 6.21. The summed E-state index contributed by atoms with van der Waals surface area (Å²) in [5.41, 5.74) is 13.8. The van der Waals surface area contributed by atoms with Gasteiger partial charge in [0.1, 0.15) is 5.75 Å². The normalized spacial score (nSPS) is 11.7. The van der Waals surface area contributed by atoms with Crippen LogP contribution in [0, 0.1) is 0 Å². The van der Waals surface area contributed by atoms with Crippen LogP contribution >= 0.6 is 0 Å². The minimum atomic E-state index is 0.606. The summed E-state index contributed by atoms with van der Waals surface area (Å²) in [5, 5.41) is 0. The Morgan fingerprint density at radius 3 is 2.35 bits per heavy atom. The molecule has 0 aromatic heterocycles. The fraction of sp³-hybridized carbons (Fsp3) is 0.0714. The van der Waals surface area contributed by atoms with Crippen molar-refractivity contribution in [2.45, 2.75) is 0 Å². The van der Waals surface area contributed by atoms with Crippen molar-refractivity contribution >= 4 is 5.71 Å². The summed E-state index contributed by atoms with van der Waals surface area (Å²) < 4.78 is 5.19. The van der Waals surface area contributed by atoms with Gasteiger partial charge in [0.15, 0.2) is 0 Å². The van der Waals surface area contributed by atoms with E-state index in [0.29, 0.717) is 5.71 Å². The molecule has 3 nitrogen and oxygen atoms in total. The lowest BCUT2D eigenvalue weighted by Gasteiger charge is -2.01. The summed E-state index contributed by atoms with van der Waals surface area (Å²) in [6.45, 7) is 0. The lowest BCUT2D eigenvalue weighted by molar-refractivity contribution is -0.00244. The molecule has 0 radical (unpaired) electrons. The largest absolute Gasteiger partial charge is 0.497 e. The molecule has 0 amide bonds. The highest BCUT2D eigenvalue weighted by atomic mass is 16.5. The van der Waals surface area contributed by atoms with Crippen LogP contribution in [0.2, 0.25) is 0 Å². The van der Waals surface area contributed by atoms with Gasteiger partial charge in [-0.3, -0.25) is 0 Å². The predicted molar refractivity (Wildman–Crippen MR) is 65.3 cm³/mol. The van der Waals surface area contributed by atoms with Crippen LogP contribution in [-0.4, -0.2) is 17.6 Å². The van der Waals surface area contributed by atoms with Crippen molar-refractivity contribution in [1.82, 2.24) is 0 Å². The Hall–Kier alpha value is -2.38. The molecule has 0 unspecified atom stereocenters. The van der Waals surface area contributed by atoms with Crippen molar-refractivity contribution in [3.63, 3.8) is 0 Å². The van der Waals surface area contributed by atoms with Gasteiger partial charge in [-0.1, -0.05) is 18.2 Å². The van der Waals surface area contributed by atoms with Crippen LogP contribution in [0.25, 0.3) is 16.7 Å². The second-order valence-corrected chi connectivity index (χ2v) is 3.91. The first-order valence-corrected chi connectivity index (χ1v) is 5.35. The lowest BCUT2D eigenvalue weighted by atomic mass is 10.1. The summed E-state index contributed by atoms with van der Waals surface area (Å²) in [7, 11) is 1.62. The van der Waals surface area contributed by atoms with Crippen LogP contribution in [0.4, 0.5) is 0 Å². The highest BCUT2D eigenvalue weighted by Gasteiger charge is 2.30. The fourth-order valence-electron chi connectivity index (χ4n) is 2.26. The Morgan fingerprint density at radius 2 is 1.65 bits per heavy atom. The van der Waals surface area contributed by atoms with E-state index in [-0.39, 0.29) is 0 Å². The molecule has 1 aliphatic rings.